The number of esters is 1. The van der Waals surface area contributed by atoms with Crippen LogP contribution in [0.5, 0.6) is 0 Å². The largest absolute Gasteiger partial charge is 0.462 e. The Balaban J connectivity index is 3.94. The summed E-state index contributed by atoms with van der Waals surface area (Å²) in [7, 11) is 0. The van der Waals surface area contributed by atoms with Gasteiger partial charge >= 0.3 is 5.97 Å². The topological polar surface area (TPSA) is 26.3 Å². The van der Waals surface area contributed by atoms with Gasteiger partial charge in [0.1, 0.15) is 6.10 Å². The van der Waals surface area contributed by atoms with Crippen LogP contribution in [-0.2, 0) is 9.53 Å². The third-order valence-corrected chi connectivity index (χ3v) is 4.79. The van der Waals surface area contributed by atoms with Crippen molar-refractivity contribution < 1.29 is 9.53 Å². The number of rotatable bonds is 18. The Morgan fingerprint density at radius 3 is 1.54 bits per heavy atom. The van der Waals surface area contributed by atoms with E-state index in [1.807, 2.05) is 0 Å². The summed E-state index contributed by atoms with van der Waals surface area (Å²) in [5, 5.41) is 0. The van der Waals surface area contributed by atoms with E-state index in [0.29, 0.717) is 6.42 Å². The fraction of sp³-hybridized carbons (Fsp3) is 0.955. The zero-order chi connectivity index (χ0) is 17.9. The average molecular weight is 341 g/mol. The van der Waals surface area contributed by atoms with Gasteiger partial charge in [-0.3, -0.25) is 4.79 Å². The summed E-state index contributed by atoms with van der Waals surface area (Å²) in [6, 6.07) is 0. The molecule has 0 rings (SSSR count). The zero-order valence-corrected chi connectivity index (χ0v) is 16.9. The van der Waals surface area contributed by atoms with E-state index in [1.165, 1.54) is 83.5 Å². The molecule has 1 unspecified atom stereocenters. The van der Waals surface area contributed by atoms with Gasteiger partial charge in [0.15, 0.2) is 0 Å². The van der Waals surface area contributed by atoms with E-state index in [1.54, 1.807) is 0 Å². The first kappa shape index (κ1) is 23.5. The van der Waals surface area contributed by atoms with Gasteiger partial charge in [0.2, 0.25) is 0 Å². The number of hydrogen-bond acceptors (Lipinski definition) is 2. The van der Waals surface area contributed by atoms with Crippen LogP contribution in [0.15, 0.2) is 0 Å². The second kappa shape index (κ2) is 18.8. The van der Waals surface area contributed by atoms with Gasteiger partial charge in [0.25, 0.3) is 0 Å². The van der Waals surface area contributed by atoms with Gasteiger partial charge in [-0.25, -0.2) is 0 Å². The standard InChI is InChI=1S/C22H44O2/c1-4-7-10-13-16-19-21(18-15-12-9-6-3)24-22(23)20-17-14-11-8-5-2/h21H,4-20H2,1-3H3. The van der Waals surface area contributed by atoms with E-state index in [0.717, 1.165) is 19.3 Å². The lowest BCUT2D eigenvalue weighted by Gasteiger charge is -2.18. The average Bonchev–Trinajstić information content (AvgIpc) is 2.58. The Kier molecular flexibility index (Phi) is 18.4. The number of hydrogen-bond donors (Lipinski definition) is 0. The van der Waals surface area contributed by atoms with Crippen molar-refractivity contribution in [2.45, 2.75) is 136 Å². The molecule has 0 N–H and O–H groups in total. The Morgan fingerprint density at radius 2 is 1.04 bits per heavy atom. The minimum absolute atomic E-state index is 0.0422. The zero-order valence-electron chi connectivity index (χ0n) is 16.9. The summed E-state index contributed by atoms with van der Waals surface area (Å²) in [5.74, 6) is 0.0422. The molecule has 0 spiro atoms. The molecule has 0 saturated heterocycles. The highest BCUT2D eigenvalue weighted by Crippen LogP contribution is 2.17. The molecule has 0 fully saturated rings. The minimum atomic E-state index is 0.0422. The van der Waals surface area contributed by atoms with Crippen LogP contribution in [0.25, 0.3) is 0 Å². The molecular formula is C22H44O2. The molecule has 0 bridgehead atoms. The second-order valence-electron chi connectivity index (χ2n) is 7.33. The van der Waals surface area contributed by atoms with Crippen molar-refractivity contribution in [2.24, 2.45) is 0 Å². The molecule has 24 heavy (non-hydrogen) atoms. The lowest BCUT2D eigenvalue weighted by Crippen LogP contribution is -2.18. The third-order valence-electron chi connectivity index (χ3n) is 4.79. The monoisotopic (exact) mass is 340 g/mol. The maximum atomic E-state index is 12.1. The van der Waals surface area contributed by atoms with Crippen LogP contribution in [-0.4, -0.2) is 12.1 Å². The van der Waals surface area contributed by atoms with Crippen LogP contribution in [0.1, 0.15) is 130 Å². The molecule has 2 nitrogen and oxygen atoms in total. The van der Waals surface area contributed by atoms with E-state index in [-0.39, 0.29) is 12.1 Å². The van der Waals surface area contributed by atoms with Crippen LogP contribution in [0.2, 0.25) is 0 Å². The van der Waals surface area contributed by atoms with Gasteiger partial charge in [-0.1, -0.05) is 91.4 Å². The lowest BCUT2D eigenvalue weighted by atomic mass is 10.0. The van der Waals surface area contributed by atoms with Crippen LogP contribution in [0.3, 0.4) is 0 Å². The Bertz CT molecular complexity index is 263. The van der Waals surface area contributed by atoms with Crippen molar-refractivity contribution >= 4 is 5.97 Å². The van der Waals surface area contributed by atoms with Crippen LogP contribution in [0.4, 0.5) is 0 Å². The molecule has 0 aromatic carbocycles. The van der Waals surface area contributed by atoms with E-state index < -0.39 is 0 Å². The van der Waals surface area contributed by atoms with Gasteiger partial charge in [-0.05, 0) is 32.1 Å². The van der Waals surface area contributed by atoms with Gasteiger partial charge in [-0.15, -0.1) is 0 Å². The molecule has 0 amide bonds. The van der Waals surface area contributed by atoms with Crippen LogP contribution >= 0.6 is 0 Å². The normalized spacial score (nSPS) is 12.3. The molecule has 0 aromatic rings. The predicted molar refractivity (Wildman–Crippen MR) is 105 cm³/mol. The number of carbonyl (C=O) groups excluding carboxylic acids is 1. The van der Waals surface area contributed by atoms with E-state index in [4.69, 9.17) is 4.74 Å². The van der Waals surface area contributed by atoms with Gasteiger partial charge < -0.3 is 4.74 Å². The first-order valence-corrected chi connectivity index (χ1v) is 10.9. The maximum absolute atomic E-state index is 12.1. The minimum Gasteiger partial charge on any atom is -0.462 e. The van der Waals surface area contributed by atoms with Crippen molar-refractivity contribution in [3.8, 4) is 0 Å². The smallest absolute Gasteiger partial charge is 0.306 e. The van der Waals surface area contributed by atoms with Crippen LogP contribution < -0.4 is 0 Å². The fourth-order valence-electron chi connectivity index (χ4n) is 3.15. The Morgan fingerprint density at radius 1 is 0.625 bits per heavy atom. The summed E-state index contributed by atoms with van der Waals surface area (Å²) >= 11 is 0. The first-order chi connectivity index (χ1) is 11.7. The summed E-state index contributed by atoms with van der Waals surface area (Å²) in [4.78, 5) is 12.1. The van der Waals surface area contributed by atoms with Crippen molar-refractivity contribution in [2.75, 3.05) is 0 Å². The van der Waals surface area contributed by atoms with Crippen molar-refractivity contribution in [3.05, 3.63) is 0 Å². The summed E-state index contributed by atoms with van der Waals surface area (Å²) < 4.78 is 5.80. The van der Waals surface area contributed by atoms with E-state index in [9.17, 15) is 4.79 Å². The second-order valence-corrected chi connectivity index (χ2v) is 7.33. The highest BCUT2D eigenvalue weighted by Gasteiger charge is 2.14. The molecule has 1 atom stereocenters. The Hall–Kier alpha value is -0.530. The van der Waals surface area contributed by atoms with E-state index >= 15 is 0 Å². The van der Waals surface area contributed by atoms with Crippen molar-refractivity contribution in [1.82, 2.24) is 0 Å². The number of unbranched alkanes of at least 4 members (excludes halogenated alkanes) is 11. The summed E-state index contributed by atoms with van der Waals surface area (Å²) in [6.45, 7) is 6.71. The van der Waals surface area contributed by atoms with E-state index in [2.05, 4.69) is 20.8 Å². The summed E-state index contributed by atoms with van der Waals surface area (Å²) in [6.07, 6.45) is 20.4. The van der Waals surface area contributed by atoms with Gasteiger partial charge in [-0.2, -0.15) is 0 Å². The predicted octanol–water partition coefficient (Wildman–Crippen LogP) is 7.59. The SMILES string of the molecule is CCCCCCCC(=O)OC(CCCCCC)CCCCCCC. The van der Waals surface area contributed by atoms with Gasteiger partial charge in [0.05, 0.1) is 0 Å². The Labute approximate surface area is 152 Å². The first-order valence-electron chi connectivity index (χ1n) is 10.9. The fourth-order valence-corrected chi connectivity index (χ4v) is 3.15. The molecule has 0 heterocycles. The molecule has 0 aliphatic rings. The highest BCUT2D eigenvalue weighted by molar-refractivity contribution is 5.69. The molecular weight excluding hydrogens is 296 g/mol. The lowest BCUT2D eigenvalue weighted by molar-refractivity contribution is -0.150. The third kappa shape index (κ3) is 16.3. The highest BCUT2D eigenvalue weighted by atomic mass is 16.5. The molecule has 0 radical (unpaired) electrons. The quantitative estimate of drug-likeness (QED) is 0.190. The number of ether oxygens (including phenoxy) is 1. The maximum Gasteiger partial charge on any atom is 0.306 e. The summed E-state index contributed by atoms with van der Waals surface area (Å²) in [5.41, 5.74) is 0. The number of carbonyl (C=O) groups is 1. The van der Waals surface area contributed by atoms with Gasteiger partial charge in [0, 0.05) is 6.42 Å². The van der Waals surface area contributed by atoms with Crippen molar-refractivity contribution in [1.29, 1.82) is 0 Å². The van der Waals surface area contributed by atoms with Crippen molar-refractivity contribution in [3.63, 3.8) is 0 Å². The molecule has 0 aliphatic carbocycles. The molecule has 0 saturated carbocycles. The molecule has 2 heteroatoms. The molecule has 144 valence electrons. The van der Waals surface area contributed by atoms with Crippen LogP contribution in [0, 0.1) is 0 Å². The molecule has 0 aliphatic heterocycles. The molecule has 0 aromatic heterocycles.